The molecule has 0 bridgehead atoms. The Kier molecular flexibility index (Phi) is 9.18. The second-order valence-electron chi connectivity index (χ2n) is 12.5. The van der Waals surface area contributed by atoms with Crippen molar-refractivity contribution in [2.75, 3.05) is 49.2 Å². The fourth-order valence-electron chi connectivity index (χ4n) is 6.97. The van der Waals surface area contributed by atoms with E-state index < -0.39 is 6.09 Å². The number of nitrogens with zero attached hydrogens (tertiary/aromatic N) is 6. The highest BCUT2D eigenvalue weighted by Gasteiger charge is 2.35. The van der Waals surface area contributed by atoms with Crippen LogP contribution in [-0.2, 0) is 40.4 Å². The second kappa shape index (κ2) is 14.0. The monoisotopic (exact) mass is 632 g/mol. The molecule has 0 N–H and O–H groups in total. The van der Waals surface area contributed by atoms with Gasteiger partial charge in [0.25, 0.3) is 0 Å². The van der Waals surface area contributed by atoms with E-state index in [-0.39, 0.29) is 25.2 Å². The van der Waals surface area contributed by atoms with Gasteiger partial charge in [-0.15, -0.1) is 0 Å². The van der Waals surface area contributed by atoms with Crippen LogP contribution in [0.1, 0.15) is 41.1 Å². The van der Waals surface area contributed by atoms with Gasteiger partial charge in [-0.3, -0.25) is 0 Å². The van der Waals surface area contributed by atoms with Gasteiger partial charge in [0.05, 0.1) is 43.5 Å². The van der Waals surface area contributed by atoms with E-state index in [2.05, 4.69) is 59.2 Å². The average Bonchev–Trinajstić information content (AvgIpc) is 3.63. The number of ether oxygens (including phenoxy) is 3. The highest BCUT2D eigenvalue weighted by molar-refractivity contribution is 5.97. The van der Waals surface area contributed by atoms with Crippen molar-refractivity contribution in [3.8, 4) is 6.07 Å². The van der Waals surface area contributed by atoms with Crippen molar-refractivity contribution in [3.05, 3.63) is 94.9 Å². The third-order valence-electron chi connectivity index (χ3n) is 9.41. The summed E-state index contributed by atoms with van der Waals surface area (Å²) in [6, 6.07) is 24.5. The number of aryl methyl sites for hydroxylation is 1. The van der Waals surface area contributed by atoms with Gasteiger partial charge < -0.3 is 28.9 Å². The predicted octanol–water partition coefficient (Wildman–Crippen LogP) is 5.55. The Hall–Kier alpha value is -4.72. The molecular weight excluding hydrogens is 592 g/mol. The summed E-state index contributed by atoms with van der Waals surface area (Å²) in [6.45, 7) is 6.95. The standard InChI is InChI=1S/C37H40N6O4/c1-26-7-5-10-28-11-6-12-33(35(26)28)41-17-14-31-32(22-41)39-34(25-46-30-15-20-45-24-30)40-36(31)42-18-19-43(29(21-42)13-16-38)37(44)47-23-27-8-3-2-4-9-27/h2-12,29-30H,13-15,17-25H2,1H3/t29-,30-/m0/s1. The molecule has 1 aromatic heterocycles. The van der Waals surface area contributed by atoms with E-state index in [0.29, 0.717) is 51.8 Å². The lowest BCUT2D eigenvalue weighted by Gasteiger charge is -2.42. The van der Waals surface area contributed by atoms with E-state index in [1.807, 2.05) is 30.3 Å². The Morgan fingerprint density at radius 3 is 2.66 bits per heavy atom. The van der Waals surface area contributed by atoms with E-state index in [1.54, 1.807) is 4.90 Å². The molecule has 3 aliphatic heterocycles. The summed E-state index contributed by atoms with van der Waals surface area (Å²) in [4.78, 5) is 29.7. The van der Waals surface area contributed by atoms with E-state index in [1.165, 1.54) is 22.0 Å². The van der Waals surface area contributed by atoms with Gasteiger partial charge in [-0.25, -0.2) is 14.8 Å². The molecule has 10 nitrogen and oxygen atoms in total. The minimum absolute atomic E-state index is 0.0405. The first-order valence-corrected chi connectivity index (χ1v) is 16.5. The highest BCUT2D eigenvalue weighted by Crippen LogP contribution is 2.35. The lowest BCUT2D eigenvalue weighted by Crippen LogP contribution is -2.56. The molecule has 0 saturated carbocycles. The number of carbonyl (C=O) groups is 1. The molecule has 4 aromatic rings. The summed E-state index contributed by atoms with van der Waals surface area (Å²) in [5.74, 6) is 1.52. The summed E-state index contributed by atoms with van der Waals surface area (Å²) in [7, 11) is 0. The topological polar surface area (TPSA) is 104 Å². The summed E-state index contributed by atoms with van der Waals surface area (Å²) in [5, 5.41) is 12.2. The lowest BCUT2D eigenvalue weighted by molar-refractivity contribution is 0.0283. The number of hydrogen-bond acceptors (Lipinski definition) is 9. The van der Waals surface area contributed by atoms with Crippen molar-refractivity contribution >= 4 is 28.4 Å². The Morgan fingerprint density at radius 1 is 1.00 bits per heavy atom. The zero-order chi connectivity index (χ0) is 32.2. The minimum Gasteiger partial charge on any atom is -0.445 e. The fraction of sp³-hybridized carbons (Fsp3) is 0.405. The van der Waals surface area contributed by atoms with E-state index in [0.717, 1.165) is 42.0 Å². The van der Waals surface area contributed by atoms with Crippen LogP contribution in [0.2, 0.25) is 0 Å². The first kappa shape index (κ1) is 30.9. The van der Waals surface area contributed by atoms with Gasteiger partial charge in [-0.05, 0) is 42.3 Å². The number of piperazine rings is 1. The number of nitriles is 1. The quantitative estimate of drug-likeness (QED) is 0.247. The highest BCUT2D eigenvalue weighted by atomic mass is 16.6. The van der Waals surface area contributed by atoms with Crippen molar-refractivity contribution in [2.24, 2.45) is 0 Å². The van der Waals surface area contributed by atoms with Crippen molar-refractivity contribution in [3.63, 3.8) is 0 Å². The van der Waals surface area contributed by atoms with Crippen LogP contribution in [0.15, 0.2) is 66.7 Å². The first-order valence-electron chi connectivity index (χ1n) is 16.5. The molecule has 2 fully saturated rings. The number of aromatic nitrogens is 2. The van der Waals surface area contributed by atoms with Gasteiger partial charge in [-0.1, -0.05) is 60.7 Å². The first-order chi connectivity index (χ1) is 23.1. The fourth-order valence-corrected chi connectivity index (χ4v) is 6.97. The number of benzene rings is 3. The third-order valence-corrected chi connectivity index (χ3v) is 9.41. The molecule has 0 aliphatic carbocycles. The Balaban J connectivity index is 1.15. The van der Waals surface area contributed by atoms with Gasteiger partial charge in [0.15, 0.2) is 5.82 Å². The van der Waals surface area contributed by atoms with Crippen molar-refractivity contribution < 1.29 is 19.0 Å². The molecule has 7 rings (SSSR count). The molecule has 10 heteroatoms. The van der Waals surface area contributed by atoms with Crippen LogP contribution in [-0.4, -0.2) is 72.5 Å². The van der Waals surface area contributed by atoms with Crippen LogP contribution in [0.4, 0.5) is 16.3 Å². The van der Waals surface area contributed by atoms with E-state index in [9.17, 15) is 10.1 Å². The number of anilines is 2. The molecule has 242 valence electrons. The molecule has 3 aliphatic rings. The Bertz CT molecular complexity index is 1770. The SMILES string of the molecule is Cc1cccc2cccc(N3CCc4c(nc(CO[C@H]5CCOC5)nc4N4CCN(C(=O)OCc5ccccc5)[C@@H](CC#N)C4)C3)c12. The van der Waals surface area contributed by atoms with E-state index >= 15 is 0 Å². The van der Waals surface area contributed by atoms with Crippen LogP contribution in [0, 0.1) is 18.3 Å². The molecule has 0 unspecified atom stereocenters. The lowest BCUT2D eigenvalue weighted by atomic mass is 9.99. The van der Waals surface area contributed by atoms with Crippen LogP contribution < -0.4 is 9.80 Å². The van der Waals surface area contributed by atoms with Crippen LogP contribution in [0.3, 0.4) is 0 Å². The molecule has 2 saturated heterocycles. The Labute approximate surface area is 275 Å². The summed E-state index contributed by atoms with van der Waals surface area (Å²) < 4.78 is 17.4. The maximum atomic E-state index is 13.2. The number of hydrogen-bond donors (Lipinski definition) is 0. The second-order valence-corrected chi connectivity index (χ2v) is 12.5. The average molecular weight is 633 g/mol. The largest absolute Gasteiger partial charge is 0.445 e. The molecule has 1 amide bonds. The number of rotatable bonds is 8. The molecule has 2 atom stereocenters. The Morgan fingerprint density at radius 2 is 1.85 bits per heavy atom. The minimum atomic E-state index is -0.396. The third kappa shape index (κ3) is 6.73. The zero-order valence-electron chi connectivity index (χ0n) is 26.8. The van der Waals surface area contributed by atoms with Crippen molar-refractivity contribution in [1.82, 2.24) is 14.9 Å². The van der Waals surface area contributed by atoms with Crippen molar-refractivity contribution in [2.45, 2.75) is 58.1 Å². The van der Waals surface area contributed by atoms with Crippen LogP contribution in [0.25, 0.3) is 10.8 Å². The zero-order valence-corrected chi connectivity index (χ0v) is 26.8. The number of fused-ring (bicyclic) bond motifs is 2. The van der Waals surface area contributed by atoms with Gasteiger partial charge in [0.2, 0.25) is 0 Å². The predicted molar refractivity (Wildman–Crippen MR) is 179 cm³/mol. The maximum absolute atomic E-state index is 13.2. The van der Waals surface area contributed by atoms with Gasteiger partial charge in [-0.2, -0.15) is 5.26 Å². The molecular formula is C37H40N6O4. The van der Waals surface area contributed by atoms with Crippen molar-refractivity contribution in [1.29, 1.82) is 5.26 Å². The van der Waals surface area contributed by atoms with Crippen LogP contribution >= 0.6 is 0 Å². The summed E-state index contributed by atoms with van der Waals surface area (Å²) >= 11 is 0. The summed E-state index contributed by atoms with van der Waals surface area (Å²) in [6.07, 6.45) is 1.50. The van der Waals surface area contributed by atoms with Gasteiger partial charge in [0, 0.05) is 49.4 Å². The summed E-state index contributed by atoms with van der Waals surface area (Å²) in [5.41, 5.74) is 5.51. The van der Waals surface area contributed by atoms with Gasteiger partial charge in [0.1, 0.15) is 19.0 Å². The van der Waals surface area contributed by atoms with Crippen LogP contribution in [0.5, 0.6) is 0 Å². The van der Waals surface area contributed by atoms with Gasteiger partial charge >= 0.3 is 6.09 Å². The molecule has 3 aromatic carbocycles. The maximum Gasteiger partial charge on any atom is 0.410 e. The number of carbonyl (C=O) groups excluding carboxylic acids is 1. The number of amides is 1. The van der Waals surface area contributed by atoms with E-state index in [4.69, 9.17) is 24.2 Å². The molecule has 4 heterocycles. The smallest absolute Gasteiger partial charge is 0.410 e. The molecule has 0 spiro atoms. The molecule has 47 heavy (non-hydrogen) atoms. The normalized spacial score (nSPS) is 19.4. The molecule has 0 radical (unpaired) electrons.